The number of carbonyl (C=O) groups excluding carboxylic acids is 1. The maximum absolute atomic E-state index is 13.5. The van der Waals surface area contributed by atoms with Gasteiger partial charge in [-0.3, -0.25) is 9.36 Å². The Balaban J connectivity index is 1.85. The number of fused-ring (bicyclic) bond motifs is 3. The number of hydrogen-bond donors (Lipinski definition) is 0. The second-order valence-electron chi connectivity index (χ2n) is 7.81. The van der Waals surface area contributed by atoms with E-state index < -0.39 is 5.97 Å². The summed E-state index contributed by atoms with van der Waals surface area (Å²) in [6.45, 7) is 1.91. The monoisotopic (exact) mass is 445 g/mol. The molecule has 2 aromatic heterocycles. The molecule has 3 heterocycles. The van der Waals surface area contributed by atoms with Crippen LogP contribution in [0.3, 0.4) is 0 Å². The fourth-order valence-electron chi connectivity index (χ4n) is 4.25. The predicted molar refractivity (Wildman–Crippen MR) is 130 cm³/mol. The maximum Gasteiger partial charge on any atom is 0.350 e. The molecule has 32 heavy (non-hydrogen) atoms. The van der Waals surface area contributed by atoms with Gasteiger partial charge in [-0.15, -0.1) is 11.3 Å². The Morgan fingerprint density at radius 2 is 1.69 bits per heavy atom. The van der Waals surface area contributed by atoms with Gasteiger partial charge in [0.25, 0.3) is 5.56 Å². The van der Waals surface area contributed by atoms with Crippen LogP contribution in [-0.4, -0.2) is 42.0 Å². The summed E-state index contributed by atoms with van der Waals surface area (Å²) in [5.74, 6) is -0.451. The van der Waals surface area contributed by atoms with E-state index >= 15 is 0 Å². The lowest BCUT2D eigenvalue weighted by atomic mass is 10.1. The van der Waals surface area contributed by atoms with Crippen LogP contribution < -0.4 is 5.56 Å². The number of para-hydroxylation sites is 1. The number of aromatic nitrogens is 1. The predicted octanol–water partition coefficient (Wildman–Crippen LogP) is 5.14. The minimum Gasteiger partial charge on any atom is -0.465 e. The summed E-state index contributed by atoms with van der Waals surface area (Å²) in [7, 11) is 1.37. The zero-order chi connectivity index (χ0) is 22.1. The lowest BCUT2D eigenvalue weighted by molar-refractivity contribution is 0.0607. The first-order chi connectivity index (χ1) is 15.7. The number of thiophene rings is 1. The molecule has 0 saturated carbocycles. The van der Waals surface area contributed by atoms with Gasteiger partial charge in [0.15, 0.2) is 0 Å². The van der Waals surface area contributed by atoms with Gasteiger partial charge in [-0.25, -0.2) is 9.79 Å². The lowest BCUT2D eigenvalue weighted by Gasteiger charge is -2.23. The Morgan fingerprint density at radius 1 is 1.00 bits per heavy atom. The molecular weight excluding hydrogens is 422 g/mol. The molecule has 0 radical (unpaired) electrons. The number of methoxy groups -OCH3 is 1. The topological polar surface area (TPSA) is 63.9 Å². The van der Waals surface area contributed by atoms with Gasteiger partial charge in [0.2, 0.25) is 0 Å². The standard InChI is InChI=1S/C25H23N3O3S/c1-31-25(30)22-21(26-16-27-14-8-3-9-15-27)20-18-12-6-7-13-19(18)23(29)28(24(20)32-22)17-10-4-2-5-11-17/h2,4-7,10-13,16H,3,8-9,14-15H2,1H3. The SMILES string of the molecule is COC(=O)c1sc2c(c1N=CN1CCCCC1)c1ccccc1c(=O)n2-c1ccccc1. The zero-order valence-corrected chi connectivity index (χ0v) is 18.6. The van der Waals surface area contributed by atoms with Crippen molar-refractivity contribution in [2.24, 2.45) is 4.99 Å². The van der Waals surface area contributed by atoms with E-state index in [2.05, 4.69) is 4.90 Å². The number of pyridine rings is 1. The maximum atomic E-state index is 13.5. The number of piperidine rings is 1. The van der Waals surface area contributed by atoms with E-state index in [-0.39, 0.29) is 5.56 Å². The van der Waals surface area contributed by atoms with E-state index in [4.69, 9.17) is 9.73 Å². The summed E-state index contributed by atoms with van der Waals surface area (Å²) in [6.07, 6.45) is 5.33. The van der Waals surface area contributed by atoms with Gasteiger partial charge in [-0.05, 0) is 42.8 Å². The molecule has 1 fully saturated rings. The minimum absolute atomic E-state index is 0.122. The van der Waals surface area contributed by atoms with Crippen molar-refractivity contribution in [3.05, 3.63) is 69.8 Å². The van der Waals surface area contributed by atoms with Crippen molar-refractivity contribution in [2.75, 3.05) is 20.2 Å². The van der Waals surface area contributed by atoms with Crippen molar-refractivity contribution in [3.63, 3.8) is 0 Å². The number of ether oxygens (including phenoxy) is 1. The van der Waals surface area contributed by atoms with E-state index in [1.54, 1.807) is 4.57 Å². The van der Waals surface area contributed by atoms with Gasteiger partial charge < -0.3 is 9.64 Å². The molecule has 1 aliphatic rings. The van der Waals surface area contributed by atoms with Crippen molar-refractivity contribution in [1.82, 2.24) is 9.47 Å². The first kappa shape index (κ1) is 20.5. The number of carbonyl (C=O) groups is 1. The van der Waals surface area contributed by atoms with Gasteiger partial charge in [-0.2, -0.15) is 0 Å². The molecule has 0 atom stereocenters. The number of aliphatic imine (C=N–C) groups is 1. The Bertz CT molecular complexity index is 1380. The third-order valence-electron chi connectivity index (χ3n) is 5.82. The van der Waals surface area contributed by atoms with E-state index in [0.29, 0.717) is 20.8 Å². The number of rotatable bonds is 4. The third kappa shape index (κ3) is 3.48. The van der Waals surface area contributed by atoms with Crippen molar-refractivity contribution in [1.29, 1.82) is 0 Å². The molecule has 0 aliphatic carbocycles. The fraction of sp³-hybridized carbons (Fsp3) is 0.240. The van der Waals surface area contributed by atoms with Gasteiger partial charge >= 0.3 is 5.97 Å². The van der Waals surface area contributed by atoms with Crippen LogP contribution in [0.25, 0.3) is 26.7 Å². The zero-order valence-electron chi connectivity index (χ0n) is 17.8. The normalized spacial score (nSPS) is 14.5. The first-order valence-electron chi connectivity index (χ1n) is 10.7. The Labute approximate surface area is 189 Å². The van der Waals surface area contributed by atoms with E-state index in [9.17, 15) is 9.59 Å². The summed E-state index contributed by atoms with van der Waals surface area (Å²) in [4.78, 5) is 34.3. The highest BCUT2D eigenvalue weighted by Crippen LogP contribution is 2.42. The van der Waals surface area contributed by atoms with E-state index in [1.807, 2.05) is 60.9 Å². The Kier molecular flexibility index (Phi) is 5.49. The Morgan fingerprint density at radius 3 is 2.41 bits per heavy atom. The second-order valence-corrected chi connectivity index (χ2v) is 8.81. The summed E-state index contributed by atoms with van der Waals surface area (Å²) in [5.41, 5.74) is 1.18. The van der Waals surface area contributed by atoms with Gasteiger partial charge in [-0.1, -0.05) is 36.4 Å². The molecule has 0 amide bonds. The van der Waals surface area contributed by atoms with Crippen molar-refractivity contribution < 1.29 is 9.53 Å². The molecule has 6 nitrogen and oxygen atoms in total. The summed E-state index contributed by atoms with van der Waals surface area (Å²) >= 11 is 1.25. The highest BCUT2D eigenvalue weighted by atomic mass is 32.1. The average Bonchev–Trinajstić information content (AvgIpc) is 3.23. The average molecular weight is 446 g/mol. The molecule has 1 saturated heterocycles. The molecule has 0 unspecified atom stereocenters. The summed E-state index contributed by atoms with van der Waals surface area (Å²) < 4.78 is 6.76. The van der Waals surface area contributed by atoms with Gasteiger partial charge in [0.05, 0.1) is 19.1 Å². The molecule has 0 N–H and O–H groups in total. The van der Waals surface area contributed by atoms with Crippen LogP contribution in [0.5, 0.6) is 0 Å². The Hall–Kier alpha value is -3.45. The van der Waals surface area contributed by atoms with Crippen molar-refractivity contribution in [2.45, 2.75) is 19.3 Å². The molecule has 4 aromatic rings. The molecule has 7 heteroatoms. The molecule has 2 aromatic carbocycles. The van der Waals surface area contributed by atoms with Crippen LogP contribution in [0.2, 0.25) is 0 Å². The third-order valence-corrected chi connectivity index (χ3v) is 6.97. The molecule has 0 spiro atoms. The molecule has 162 valence electrons. The summed E-state index contributed by atoms with van der Waals surface area (Å²) in [6, 6.07) is 17.0. The molecule has 5 rings (SSSR count). The van der Waals surface area contributed by atoms with Crippen LogP contribution in [0, 0.1) is 0 Å². The number of hydrogen-bond acceptors (Lipinski definition) is 5. The smallest absolute Gasteiger partial charge is 0.350 e. The molecule has 1 aliphatic heterocycles. The van der Waals surface area contributed by atoms with Crippen molar-refractivity contribution >= 4 is 50.3 Å². The van der Waals surface area contributed by atoms with Gasteiger partial charge in [0.1, 0.15) is 15.4 Å². The van der Waals surface area contributed by atoms with Crippen LogP contribution in [0.4, 0.5) is 5.69 Å². The van der Waals surface area contributed by atoms with Gasteiger partial charge in [0, 0.05) is 23.9 Å². The number of esters is 1. The van der Waals surface area contributed by atoms with Crippen LogP contribution >= 0.6 is 11.3 Å². The lowest BCUT2D eigenvalue weighted by Crippen LogP contribution is -2.28. The second kappa shape index (κ2) is 8.59. The number of likely N-dealkylation sites (tertiary alicyclic amines) is 1. The van der Waals surface area contributed by atoms with Crippen molar-refractivity contribution in [3.8, 4) is 5.69 Å². The minimum atomic E-state index is -0.451. The van der Waals surface area contributed by atoms with E-state index in [0.717, 1.165) is 42.4 Å². The quantitative estimate of drug-likeness (QED) is 0.248. The van der Waals surface area contributed by atoms with E-state index in [1.165, 1.54) is 24.9 Å². The number of nitrogens with zero attached hydrogens (tertiary/aromatic N) is 3. The number of benzene rings is 2. The highest BCUT2D eigenvalue weighted by molar-refractivity contribution is 7.21. The van der Waals surface area contributed by atoms with Crippen LogP contribution in [0.1, 0.15) is 28.9 Å². The first-order valence-corrected chi connectivity index (χ1v) is 11.5. The highest BCUT2D eigenvalue weighted by Gasteiger charge is 2.25. The summed E-state index contributed by atoms with van der Waals surface area (Å²) in [5, 5.41) is 2.17. The fourth-order valence-corrected chi connectivity index (χ4v) is 5.45. The van der Waals surface area contributed by atoms with Crippen LogP contribution in [-0.2, 0) is 4.74 Å². The van der Waals surface area contributed by atoms with Crippen LogP contribution in [0.15, 0.2) is 64.4 Å². The molecular formula is C25H23N3O3S. The molecule has 0 bridgehead atoms. The largest absolute Gasteiger partial charge is 0.465 e.